The molecule has 0 aliphatic heterocycles. The predicted molar refractivity (Wildman–Crippen MR) is 107 cm³/mol. The van der Waals surface area contributed by atoms with Gasteiger partial charge in [-0.1, -0.05) is 12.1 Å². The van der Waals surface area contributed by atoms with Gasteiger partial charge in [0.15, 0.2) is 11.5 Å². The van der Waals surface area contributed by atoms with Gasteiger partial charge in [-0.3, -0.25) is 4.79 Å². The van der Waals surface area contributed by atoms with Gasteiger partial charge < -0.3 is 20.1 Å². The van der Waals surface area contributed by atoms with Crippen molar-refractivity contribution in [3.8, 4) is 11.5 Å². The zero-order chi connectivity index (χ0) is 19.2. The average Bonchev–Trinajstić information content (AvgIpc) is 2.57. The largest absolute Gasteiger partial charge is 0.490 e. The number of benzene rings is 2. The minimum absolute atomic E-state index is 0.109. The lowest BCUT2D eigenvalue weighted by atomic mass is 10.1. The minimum Gasteiger partial charge on any atom is -0.490 e. The quantitative estimate of drug-likeness (QED) is 0.737. The number of anilines is 2. The normalized spacial score (nSPS) is 11.0. The van der Waals surface area contributed by atoms with Crippen LogP contribution in [0.2, 0.25) is 0 Å². The number of amides is 1. The SMILES string of the molecule is CCOc1ccc(C(=O)Nc2ccccc2NC(C)(C)C)cc1OCC. The molecule has 2 aromatic rings. The van der Waals surface area contributed by atoms with Crippen LogP contribution in [0.25, 0.3) is 0 Å². The van der Waals surface area contributed by atoms with Crippen LogP contribution in [-0.2, 0) is 0 Å². The second-order valence-electron chi connectivity index (χ2n) is 6.90. The molecular formula is C21H28N2O3. The Bertz CT molecular complexity index is 751. The molecule has 0 aliphatic carbocycles. The maximum atomic E-state index is 12.7. The summed E-state index contributed by atoms with van der Waals surface area (Å²) < 4.78 is 11.2. The lowest BCUT2D eigenvalue weighted by Gasteiger charge is -2.24. The third-order valence-electron chi connectivity index (χ3n) is 3.49. The summed E-state index contributed by atoms with van der Waals surface area (Å²) in [6, 6.07) is 12.9. The van der Waals surface area contributed by atoms with Crippen molar-refractivity contribution in [3.63, 3.8) is 0 Å². The Labute approximate surface area is 155 Å². The molecule has 5 heteroatoms. The van der Waals surface area contributed by atoms with Gasteiger partial charge in [0.1, 0.15) is 0 Å². The second kappa shape index (κ2) is 8.61. The van der Waals surface area contributed by atoms with Crippen LogP contribution in [0.1, 0.15) is 45.0 Å². The standard InChI is InChI=1S/C21H28N2O3/c1-6-25-18-13-12-15(14-19(18)26-7-2)20(24)22-16-10-8-9-11-17(16)23-21(3,4)5/h8-14,23H,6-7H2,1-5H3,(H,22,24). The molecule has 1 amide bonds. The third kappa shape index (κ3) is 5.41. The Balaban J connectivity index is 2.24. The van der Waals surface area contributed by atoms with E-state index in [1.807, 2.05) is 38.1 Å². The van der Waals surface area contributed by atoms with E-state index in [0.29, 0.717) is 30.3 Å². The summed E-state index contributed by atoms with van der Waals surface area (Å²) in [6.45, 7) is 11.1. The van der Waals surface area contributed by atoms with Gasteiger partial charge in [-0.2, -0.15) is 0 Å². The van der Waals surface area contributed by atoms with Crippen molar-refractivity contribution < 1.29 is 14.3 Å². The van der Waals surface area contributed by atoms with E-state index in [9.17, 15) is 4.79 Å². The summed E-state index contributed by atoms with van der Waals surface area (Å²) in [5, 5.41) is 6.38. The molecule has 0 bridgehead atoms. The Kier molecular flexibility index (Phi) is 6.50. The Morgan fingerprint density at radius 3 is 2.15 bits per heavy atom. The summed E-state index contributed by atoms with van der Waals surface area (Å²) >= 11 is 0. The van der Waals surface area contributed by atoms with E-state index in [0.717, 1.165) is 11.4 Å². The second-order valence-corrected chi connectivity index (χ2v) is 6.90. The molecule has 0 unspecified atom stereocenters. The molecule has 0 aliphatic rings. The molecule has 0 fully saturated rings. The first-order chi connectivity index (χ1) is 12.3. The highest BCUT2D eigenvalue weighted by molar-refractivity contribution is 6.06. The average molecular weight is 356 g/mol. The highest BCUT2D eigenvalue weighted by Gasteiger charge is 2.15. The molecule has 0 atom stereocenters. The number of ether oxygens (including phenoxy) is 2. The molecular weight excluding hydrogens is 328 g/mol. The number of carbonyl (C=O) groups is 1. The predicted octanol–water partition coefficient (Wildman–Crippen LogP) is 4.95. The van der Waals surface area contributed by atoms with Crippen molar-refractivity contribution >= 4 is 17.3 Å². The van der Waals surface area contributed by atoms with Crippen molar-refractivity contribution in [2.24, 2.45) is 0 Å². The van der Waals surface area contributed by atoms with E-state index in [1.165, 1.54) is 0 Å². The Hall–Kier alpha value is -2.69. The van der Waals surface area contributed by atoms with Crippen LogP contribution in [0, 0.1) is 0 Å². The van der Waals surface area contributed by atoms with Crippen LogP contribution in [0.4, 0.5) is 11.4 Å². The van der Waals surface area contributed by atoms with Crippen LogP contribution in [0.3, 0.4) is 0 Å². The minimum atomic E-state index is -0.197. The molecule has 0 spiro atoms. The lowest BCUT2D eigenvalue weighted by molar-refractivity contribution is 0.102. The van der Waals surface area contributed by atoms with Crippen molar-refractivity contribution in [1.82, 2.24) is 0 Å². The number of carbonyl (C=O) groups excluding carboxylic acids is 1. The van der Waals surface area contributed by atoms with E-state index in [1.54, 1.807) is 18.2 Å². The Morgan fingerprint density at radius 1 is 0.923 bits per heavy atom. The van der Waals surface area contributed by atoms with Gasteiger partial charge in [-0.15, -0.1) is 0 Å². The molecule has 26 heavy (non-hydrogen) atoms. The van der Waals surface area contributed by atoms with Crippen LogP contribution in [0.15, 0.2) is 42.5 Å². The number of rotatable bonds is 7. The Morgan fingerprint density at radius 2 is 1.54 bits per heavy atom. The maximum absolute atomic E-state index is 12.7. The van der Waals surface area contributed by atoms with Crippen LogP contribution >= 0.6 is 0 Å². The molecule has 2 N–H and O–H groups in total. The number of hydrogen-bond donors (Lipinski definition) is 2. The summed E-state index contributed by atoms with van der Waals surface area (Å²) in [4.78, 5) is 12.7. The summed E-state index contributed by atoms with van der Waals surface area (Å²) in [7, 11) is 0. The highest BCUT2D eigenvalue weighted by atomic mass is 16.5. The third-order valence-corrected chi connectivity index (χ3v) is 3.49. The first-order valence-electron chi connectivity index (χ1n) is 8.92. The molecule has 2 aromatic carbocycles. The number of hydrogen-bond acceptors (Lipinski definition) is 4. The van der Waals surface area contributed by atoms with Crippen molar-refractivity contribution in [3.05, 3.63) is 48.0 Å². The molecule has 140 valence electrons. The zero-order valence-corrected chi connectivity index (χ0v) is 16.2. The lowest BCUT2D eigenvalue weighted by Crippen LogP contribution is -2.27. The van der Waals surface area contributed by atoms with Crippen molar-refractivity contribution in [2.45, 2.75) is 40.2 Å². The molecule has 0 heterocycles. The van der Waals surface area contributed by atoms with Gasteiger partial charge in [0.05, 0.1) is 24.6 Å². The molecule has 0 radical (unpaired) electrons. The molecule has 0 saturated heterocycles. The maximum Gasteiger partial charge on any atom is 0.255 e. The van der Waals surface area contributed by atoms with Gasteiger partial charge in [0.2, 0.25) is 0 Å². The van der Waals surface area contributed by atoms with Gasteiger partial charge in [0.25, 0.3) is 5.91 Å². The first-order valence-corrected chi connectivity index (χ1v) is 8.92. The summed E-state index contributed by atoms with van der Waals surface area (Å²) in [5.41, 5.74) is 2.02. The summed E-state index contributed by atoms with van der Waals surface area (Å²) in [5.74, 6) is 1.01. The monoisotopic (exact) mass is 356 g/mol. The van der Waals surface area contributed by atoms with E-state index < -0.39 is 0 Å². The summed E-state index contributed by atoms with van der Waals surface area (Å²) in [6.07, 6.45) is 0. The highest BCUT2D eigenvalue weighted by Crippen LogP contribution is 2.30. The fourth-order valence-corrected chi connectivity index (χ4v) is 2.49. The van der Waals surface area contributed by atoms with Gasteiger partial charge in [-0.25, -0.2) is 0 Å². The van der Waals surface area contributed by atoms with Crippen molar-refractivity contribution in [1.29, 1.82) is 0 Å². The van der Waals surface area contributed by atoms with Gasteiger partial charge >= 0.3 is 0 Å². The molecule has 2 rings (SSSR count). The van der Waals surface area contributed by atoms with Crippen LogP contribution in [0.5, 0.6) is 11.5 Å². The smallest absolute Gasteiger partial charge is 0.255 e. The van der Waals surface area contributed by atoms with E-state index in [4.69, 9.17) is 9.47 Å². The van der Waals surface area contributed by atoms with Gasteiger partial charge in [-0.05, 0) is 65.0 Å². The number of para-hydroxylation sites is 2. The van der Waals surface area contributed by atoms with E-state index in [-0.39, 0.29) is 11.4 Å². The topological polar surface area (TPSA) is 59.6 Å². The first kappa shape index (κ1) is 19.6. The zero-order valence-electron chi connectivity index (χ0n) is 16.2. The number of nitrogens with one attached hydrogen (secondary N) is 2. The molecule has 5 nitrogen and oxygen atoms in total. The van der Waals surface area contributed by atoms with Crippen LogP contribution in [-0.4, -0.2) is 24.7 Å². The van der Waals surface area contributed by atoms with E-state index in [2.05, 4.69) is 31.4 Å². The molecule has 0 aromatic heterocycles. The fraction of sp³-hybridized carbons (Fsp3) is 0.381. The van der Waals surface area contributed by atoms with Crippen molar-refractivity contribution in [2.75, 3.05) is 23.8 Å². The molecule has 0 saturated carbocycles. The van der Waals surface area contributed by atoms with Gasteiger partial charge in [0, 0.05) is 11.1 Å². The van der Waals surface area contributed by atoms with E-state index >= 15 is 0 Å². The fourth-order valence-electron chi connectivity index (χ4n) is 2.49. The van der Waals surface area contributed by atoms with Crippen LogP contribution < -0.4 is 20.1 Å².